The van der Waals surface area contributed by atoms with Crippen molar-refractivity contribution < 1.29 is 27.5 Å². The highest BCUT2D eigenvalue weighted by Gasteiger charge is 2.44. The van der Waals surface area contributed by atoms with Gasteiger partial charge in [0.1, 0.15) is 11.4 Å². The minimum absolute atomic E-state index is 0.00264. The summed E-state index contributed by atoms with van der Waals surface area (Å²) in [6.45, 7) is 2.37. The molecule has 29 heavy (non-hydrogen) atoms. The number of alkyl halides is 3. The van der Waals surface area contributed by atoms with E-state index in [0.29, 0.717) is 24.2 Å². The van der Waals surface area contributed by atoms with Crippen LogP contribution in [0.1, 0.15) is 51.1 Å². The quantitative estimate of drug-likeness (QED) is 0.696. The van der Waals surface area contributed by atoms with Gasteiger partial charge in [-0.2, -0.15) is 13.2 Å². The fourth-order valence-corrected chi connectivity index (χ4v) is 4.09. The predicted octanol–water partition coefficient (Wildman–Crippen LogP) is 4.65. The molecule has 0 saturated carbocycles. The summed E-state index contributed by atoms with van der Waals surface area (Å²) in [6, 6.07) is 10.3. The van der Waals surface area contributed by atoms with Crippen LogP contribution in [0.15, 0.2) is 42.5 Å². The fourth-order valence-electron chi connectivity index (χ4n) is 4.09. The minimum atomic E-state index is -4.59. The van der Waals surface area contributed by atoms with Crippen LogP contribution in [-0.2, 0) is 6.18 Å². The standard InChI is InChI=1S/C22H20F3NO3/c1-14-6-7-19-16(12-14)18(27)13-21(29-19)8-10-26(11-9-21)20(28)15-4-2-3-5-17(15)22(23,24)25/h2-7,12H,8-11,13H2,1H3. The summed E-state index contributed by atoms with van der Waals surface area (Å²) < 4.78 is 45.9. The first-order valence-corrected chi connectivity index (χ1v) is 9.47. The van der Waals surface area contributed by atoms with E-state index in [2.05, 4.69) is 0 Å². The van der Waals surface area contributed by atoms with Crippen LogP contribution in [0.2, 0.25) is 0 Å². The maximum absolute atomic E-state index is 13.2. The molecule has 0 radical (unpaired) electrons. The highest BCUT2D eigenvalue weighted by Crippen LogP contribution is 2.40. The van der Waals surface area contributed by atoms with Crippen molar-refractivity contribution in [2.45, 2.75) is 38.0 Å². The topological polar surface area (TPSA) is 46.6 Å². The summed E-state index contributed by atoms with van der Waals surface area (Å²) >= 11 is 0. The van der Waals surface area contributed by atoms with Crippen molar-refractivity contribution in [3.63, 3.8) is 0 Å². The Morgan fingerprint density at radius 2 is 1.79 bits per heavy atom. The van der Waals surface area contributed by atoms with Gasteiger partial charge in [-0.05, 0) is 31.2 Å². The van der Waals surface area contributed by atoms with Crippen LogP contribution in [0.5, 0.6) is 5.75 Å². The van der Waals surface area contributed by atoms with Crippen LogP contribution >= 0.6 is 0 Å². The zero-order valence-electron chi connectivity index (χ0n) is 15.9. The van der Waals surface area contributed by atoms with Gasteiger partial charge in [0.15, 0.2) is 5.78 Å². The number of benzene rings is 2. The Kier molecular flexibility index (Phi) is 4.63. The van der Waals surface area contributed by atoms with Crippen LogP contribution < -0.4 is 4.74 Å². The monoisotopic (exact) mass is 403 g/mol. The van der Waals surface area contributed by atoms with Gasteiger partial charge in [0.2, 0.25) is 0 Å². The number of amides is 1. The third-order valence-electron chi connectivity index (χ3n) is 5.67. The van der Waals surface area contributed by atoms with Gasteiger partial charge in [0.25, 0.3) is 5.91 Å². The summed E-state index contributed by atoms with van der Waals surface area (Å²) in [7, 11) is 0. The number of hydrogen-bond donors (Lipinski definition) is 0. The molecular weight excluding hydrogens is 383 g/mol. The number of ketones is 1. The number of rotatable bonds is 1. The van der Waals surface area contributed by atoms with E-state index in [4.69, 9.17) is 4.74 Å². The second-order valence-corrected chi connectivity index (χ2v) is 7.72. The van der Waals surface area contributed by atoms with Crippen molar-refractivity contribution in [3.05, 3.63) is 64.7 Å². The van der Waals surface area contributed by atoms with Crippen LogP contribution in [0, 0.1) is 6.92 Å². The molecule has 1 saturated heterocycles. The minimum Gasteiger partial charge on any atom is -0.486 e. The molecule has 2 aromatic rings. The normalized spacial score (nSPS) is 18.3. The molecule has 0 bridgehead atoms. The van der Waals surface area contributed by atoms with E-state index in [9.17, 15) is 22.8 Å². The number of piperidine rings is 1. The highest BCUT2D eigenvalue weighted by atomic mass is 19.4. The van der Waals surface area contributed by atoms with E-state index >= 15 is 0 Å². The van der Waals surface area contributed by atoms with Crippen LogP contribution in [0.3, 0.4) is 0 Å². The summed E-state index contributed by atoms with van der Waals surface area (Å²) in [5.74, 6) is -0.114. The maximum Gasteiger partial charge on any atom is 0.417 e. The molecule has 0 aromatic heterocycles. The van der Waals surface area contributed by atoms with Crippen molar-refractivity contribution in [2.75, 3.05) is 13.1 Å². The highest BCUT2D eigenvalue weighted by molar-refractivity contribution is 6.00. The Hall–Kier alpha value is -2.83. The van der Waals surface area contributed by atoms with Gasteiger partial charge < -0.3 is 9.64 Å². The molecule has 0 aliphatic carbocycles. The van der Waals surface area contributed by atoms with Gasteiger partial charge in [-0.1, -0.05) is 23.8 Å². The summed E-state index contributed by atoms with van der Waals surface area (Å²) in [6.07, 6.45) is -3.59. The van der Waals surface area contributed by atoms with Gasteiger partial charge in [0.05, 0.1) is 23.1 Å². The Balaban J connectivity index is 1.51. The molecule has 2 heterocycles. The molecule has 0 atom stereocenters. The van der Waals surface area contributed by atoms with Crippen molar-refractivity contribution in [1.29, 1.82) is 0 Å². The Bertz CT molecular complexity index is 976. The molecule has 1 fully saturated rings. The van der Waals surface area contributed by atoms with Crippen molar-refractivity contribution >= 4 is 11.7 Å². The third-order valence-corrected chi connectivity index (χ3v) is 5.67. The molecular formula is C22H20F3NO3. The molecule has 0 N–H and O–H groups in total. The first-order valence-electron chi connectivity index (χ1n) is 9.47. The zero-order chi connectivity index (χ0) is 20.8. The van der Waals surface area contributed by atoms with E-state index in [1.54, 1.807) is 12.1 Å². The second-order valence-electron chi connectivity index (χ2n) is 7.72. The molecule has 0 unspecified atom stereocenters. The van der Waals surface area contributed by atoms with E-state index in [-0.39, 0.29) is 30.9 Å². The molecule has 2 aliphatic heterocycles. The van der Waals surface area contributed by atoms with Gasteiger partial charge in [-0.3, -0.25) is 9.59 Å². The Morgan fingerprint density at radius 3 is 2.48 bits per heavy atom. The van der Waals surface area contributed by atoms with E-state index in [1.807, 2.05) is 13.0 Å². The number of halogens is 3. The lowest BCUT2D eigenvalue weighted by Crippen LogP contribution is -2.52. The predicted molar refractivity (Wildman–Crippen MR) is 100 cm³/mol. The van der Waals surface area contributed by atoms with Crippen LogP contribution in [-0.4, -0.2) is 35.3 Å². The molecule has 1 amide bonds. The third kappa shape index (κ3) is 3.61. The molecule has 2 aromatic carbocycles. The summed E-state index contributed by atoms with van der Waals surface area (Å²) in [5.41, 5.74) is -0.454. The van der Waals surface area contributed by atoms with E-state index < -0.39 is 23.2 Å². The van der Waals surface area contributed by atoms with Crippen molar-refractivity contribution in [3.8, 4) is 5.75 Å². The average molecular weight is 403 g/mol. The first-order chi connectivity index (χ1) is 13.7. The van der Waals surface area contributed by atoms with Gasteiger partial charge >= 0.3 is 6.18 Å². The molecule has 4 nitrogen and oxygen atoms in total. The van der Waals surface area contributed by atoms with Crippen LogP contribution in [0.4, 0.5) is 13.2 Å². The van der Waals surface area contributed by atoms with Gasteiger partial charge in [0, 0.05) is 25.9 Å². The molecule has 7 heteroatoms. The van der Waals surface area contributed by atoms with E-state index in [1.165, 1.54) is 23.1 Å². The number of aryl methyl sites for hydroxylation is 1. The average Bonchev–Trinajstić information content (AvgIpc) is 2.68. The van der Waals surface area contributed by atoms with Crippen molar-refractivity contribution in [2.24, 2.45) is 0 Å². The maximum atomic E-state index is 13.2. The molecule has 152 valence electrons. The fraction of sp³-hybridized carbons (Fsp3) is 0.364. The first kappa shape index (κ1) is 19.5. The Morgan fingerprint density at radius 1 is 1.10 bits per heavy atom. The van der Waals surface area contributed by atoms with Crippen molar-refractivity contribution in [1.82, 2.24) is 4.90 Å². The number of hydrogen-bond acceptors (Lipinski definition) is 3. The SMILES string of the molecule is Cc1ccc2c(c1)C(=O)CC1(CCN(C(=O)c3ccccc3C(F)(F)F)CC1)O2. The number of nitrogens with zero attached hydrogens (tertiary/aromatic N) is 1. The number of Topliss-reactive ketones (excluding diaryl/α,β-unsaturated/α-hetero) is 1. The largest absolute Gasteiger partial charge is 0.486 e. The number of likely N-dealkylation sites (tertiary alicyclic amines) is 1. The van der Waals surface area contributed by atoms with Crippen LogP contribution in [0.25, 0.3) is 0 Å². The second kappa shape index (κ2) is 6.90. The molecule has 2 aliphatic rings. The lowest BCUT2D eigenvalue weighted by Gasteiger charge is -2.44. The number of fused-ring (bicyclic) bond motifs is 1. The number of ether oxygens (including phenoxy) is 1. The number of carbonyl (C=O) groups excluding carboxylic acids is 2. The lowest BCUT2D eigenvalue weighted by molar-refractivity contribution is -0.138. The molecule has 4 rings (SSSR count). The van der Waals surface area contributed by atoms with Gasteiger partial charge in [-0.25, -0.2) is 0 Å². The van der Waals surface area contributed by atoms with Gasteiger partial charge in [-0.15, -0.1) is 0 Å². The molecule has 1 spiro atoms. The number of carbonyl (C=O) groups is 2. The Labute approximate surface area is 166 Å². The summed E-state index contributed by atoms with van der Waals surface area (Å²) in [5, 5.41) is 0. The zero-order valence-corrected chi connectivity index (χ0v) is 15.9. The lowest BCUT2D eigenvalue weighted by atomic mass is 9.82. The smallest absolute Gasteiger partial charge is 0.417 e. The summed E-state index contributed by atoms with van der Waals surface area (Å²) in [4.78, 5) is 26.8. The van der Waals surface area contributed by atoms with E-state index in [0.717, 1.165) is 11.6 Å².